The molecule has 4 fully saturated rings. The van der Waals surface area contributed by atoms with Gasteiger partial charge in [0.15, 0.2) is 0 Å². The van der Waals surface area contributed by atoms with Gasteiger partial charge in [0.25, 0.3) is 0 Å². The lowest BCUT2D eigenvalue weighted by atomic mass is 10.2. The number of aryl methyl sites for hydroxylation is 2. The second-order valence-electron chi connectivity index (χ2n) is 17.8. The van der Waals surface area contributed by atoms with Crippen molar-refractivity contribution in [1.29, 1.82) is 0 Å². The average molecular weight is 1370 g/mol. The number of benzene rings is 4. The number of carbonyl (C=O) groups is 8. The van der Waals surface area contributed by atoms with Crippen LogP contribution in [0.3, 0.4) is 0 Å². The van der Waals surface area contributed by atoms with Crippen LogP contribution in [-0.2, 0) is 47.8 Å². The van der Waals surface area contributed by atoms with Crippen molar-refractivity contribution in [2.75, 3.05) is 126 Å². The topological polar surface area (TPSA) is 240 Å². The minimum atomic E-state index is -0.706. The number of carbonyl (C=O) groups excluding carboxylic acids is 8. The zero-order valence-corrected chi connectivity index (χ0v) is 49.2. The molecule has 26 heteroatoms. The normalized spacial score (nSPS) is 14.2. The minimum Gasteiger partial charge on any atom is -0.378 e. The molecule has 83 heavy (non-hydrogen) atoms. The molecule has 4 heterocycles. The first-order valence-corrected chi connectivity index (χ1v) is 27.5. The van der Waals surface area contributed by atoms with E-state index in [1.807, 2.05) is 26.0 Å². The van der Waals surface area contributed by atoms with Crippen LogP contribution in [0.2, 0.25) is 25.1 Å². The maximum atomic E-state index is 12.0. The van der Waals surface area contributed by atoms with Gasteiger partial charge in [0.05, 0.1) is 26.4 Å². The summed E-state index contributed by atoms with van der Waals surface area (Å²) in [6, 6.07) is 17.0. The average Bonchev–Trinajstić information content (AvgIpc) is 3.55. The number of nitrogens with one attached hydrogen (secondary N) is 6. The van der Waals surface area contributed by atoms with Gasteiger partial charge in [-0.25, -0.2) is 0 Å². The second kappa shape index (κ2) is 38.6. The Morgan fingerprint density at radius 1 is 0.398 bits per heavy atom. The van der Waals surface area contributed by atoms with Crippen LogP contribution in [0.15, 0.2) is 60.7 Å². The maximum absolute atomic E-state index is 12.0. The summed E-state index contributed by atoms with van der Waals surface area (Å²) in [5.41, 5.74) is 5.51. The number of nitrogens with zero attached hydrogens (tertiary/aromatic N) is 4. The van der Waals surface area contributed by atoms with E-state index >= 15 is 0 Å². The maximum Gasteiger partial charge on any atom is 0.313 e. The quantitative estimate of drug-likeness (QED) is 0.0828. The van der Waals surface area contributed by atoms with E-state index in [2.05, 4.69) is 54.5 Å². The number of anilines is 4. The van der Waals surface area contributed by atoms with Crippen molar-refractivity contribution >= 4 is 151 Å². The number of rotatable bonds is 4. The van der Waals surface area contributed by atoms with Crippen LogP contribution in [0.25, 0.3) is 0 Å². The van der Waals surface area contributed by atoms with E-state index in [1.54, 1.807) is 67.3 Å². The van der Waals surface area contributed by atoms with Crippen molar-refractivity contribution in [3.63, 3.8) is 0 Å². The summed E-state index contributed by atoms with van der Waals surface area (Å²) >= 11 is 32.1. The third-order valence-electron chi connectivity index (χ3n) is 12.1. The van der Waals surface area contributed by atoms with Gasteiger partial charge in [-0.2, -0.15) is 0 Å². The molecule has 4 aliphatic rings. The monoisotopic (exact) mass is 1370 g/mol. The van der Waals surface area contributed by atoms with Gasteiger partial charge in [0.2, 0.25) is 0 Å². The van der Waals surface area contributed by atoms with Crippen molar-refractivity contribution in [1.82, 2.24) is 30.2 Å². The van der Waals surface area contributed by atoms with Crippen molar-refractivity contribution in [3.8, 4) is 0 Å². The van der Waals surface area contributed by atoms with E-state index in [0.717, 1.165) is 38.9 Å². The van der Waals surface area contributed by atoms with E-state index in [9.17, 15) is 38.4 Å². The largest absolute Gasteiger partial charge is 0.378 e. The van der Waals surface area contributed by atoms with Crippen LogP contribution in [0, 0.1) is 31.3 Å². The highest BCUT2D eigenvalue weighted by Crippen LogP contribution is 2.29. The molecule has 6 N–H and O–H groups in total. The number of ether oxygens (including phenoxy) is 2. The molecule has 8 rings (SSSR count). The summed E-state index contributed by atoms with van der Waals surface area (Å²) < 4.78 is 11.3. The first-order chi connectivity index (χ1) is 37.1. The molecule has 0 unspecified atom stereocenters. The summed E-state index contributed by atoms with van der Waals surface area (Å²) in [6.07, 6.45) is 0. The van der Waals surface area contributed by atoms with Gasteiger partial charge in [0.1, 0.15) is 0 Å². The summed E-state index contributed by atoms with van der Waals surface area (Å²) in [5, 5.41) is 18.8. The van der Waals surface area contributed by atoms with Crippen molar-refractivity contribution in [3.05, 3.63) is 112 Å². The molecule has 20 nitrogen and oxygen atoms in total. The first-order valence-electron chi connectivity index (χ1n) is 24.5. The van der Waals surface area contributed by atoms with Crippen molar-refractivity contribution in [2.45, 2.75) is 64.8 Å². The molecule has 4 aliphatic heterocycles. The summed E-state index contributed by atoms with van der Waals surface area (Å²) in [5.74, 6) is -4.73. The smallest absolute Gasteiger partial charge is 0.313 e. The Hall–Kier alpha value is -5.34. The van der Waals surface area contributed by atoms with E-state index in [1.165, 1.54) is 14.7 Å². The van der Waals surface area contributed by atoms with Gasteiger partial charge in [-0.05, 0) is 121 Å². The molecule has 4 aromatic rings. The highest BCUT2D eigenvalue weighted by atomic mass is 127. The molecule has 0 spiro atoms. The number of piperazine rings is 2. The third kappa shape index (κ3) is 24.3. The fraction of sp³-hybridized carbons (Fsp3) is 0.439. The lowest BCUT2D eigenvalue weighted by Crippen LogP contribution is -2.49. The fourth-order valence-electron chi connectivity index (χ4n) is 7.36. The van der Waals surface area contributed by atoms with Crippen molar-refractivity contribution < 1.29 is 47.8 Å². The van der Waals surface area contributed by atoms with Crippen LogP contribution in [-0.4, -0.2) is 172 Å². The van der Waals surface area contributed by atoms with Gasteiger partial charge >= 0.3 is 47.3 Å². The van der Waals surface area contributed by atoms with Gasteiger partial charge in [-0.3, -0.25) is 38.4 Å². The third-order valence-corrected chi connectivity index (χ3v) is 15.3. The predicted octanol–water partition coefficient (Wildman–Crippen LogP) is 9.37. The first kappa shape index (κ1) is 77.7. The van der Waals surface area contributed by atoms with Crippen LogP contribution >= 0.6 is 80.6 Å². The zero-order chi connectivity index (χ0) is 57.1. The lowest BCUT2D eigenvalue weighted by molar-refractivity contribution is -0.145. The highest BCUT2D eigenvalue weighted by Gasteiger charge is 2.27. The summed E-state index contributed by atoms with van der Waals surface area (Å²) in [4.78, 5) is 101. The molecule has 0 bridgehead atoms. The molecular formula is C57H80Cl5IN10O10. The summed E-state index contributed by atoms with van der Waals surface area (Å²) in [7, 11) is 0. The number of hydrogen-bond acceptors (Lipinski definition) is 12. The molecule has 0 aliphatic carbocycles. The number of halogens is 6. The van der Waals surface area contributed by atoms with Crippen LogP contribution in [0.1, 0.15) is 59.4 Å². The second-order valence-corrected chi connectivity index (χ2v) is 21.0. The fourth-order valence-corrected chi connectivity index (χ4v) is 9.03. The summed E-state index contributed by atoms with van der Waals surface area (Å²) in [6.45, 7) is 16.1. The van der Waals surface area contributed by atoms with E-state index in [4.69, 9.17) is 67.5 Å². The van der Waals surface area contributed by atoms with E-state index in [0.29, 0.717) is 140 Å². The molecule has 8 amide bonds. The molecule has 0 atom stereocenters. The molecule has 0 aromatic heterocycles. The van der Waals surface area contributed by atoms with Crippen molar-refractivity contribution in [2.24, 2.45) is 0 Å². The zero-order valence-electron chi connectivity index (χ0n) is 43.2. The Labute approximate surface area is 527 Å². The Morgan fingerprint density at radius 3 is 0.964 bits per heavy atom. The van der Waals surface area contributed by atoms with Crippen LogP contribution in [0.4, 0.5) is 22.7 Å². The molecule has 4 aromatic carbocycles. The van der Waals surface area contributed by atoms with E-state index in [-0.39, 0.29) is 37.1 Å². The highest BCUT2D eigenvalue weighted by molar-refractivity contribution is 14.1. The van der Waals surface area contributed by atoms with Crippen LogP contribution < -0.4 is 31.9 Å². The standard InChI is InChI=1S/C13H15Cl2N3O2.C13H14Cl2N2O3.C13H15ClN2O3.C13H16IN3O2.5CH4/c1-8-10(14)6-9(7-11(8)15)17-12(19)13(20)18-4-2-16-3-5-18;1-8-10(14)6-9(7-11(8)15)16-12(18)13(19)17-2-4-20-5-3-17;1-9-2-3-10(8-11(9)14)15-12(17)13(18)16-4-6-19-7-5-16;1-9-2-3-10(8-11(9)14)16-12(18)13(19)17-6-4-15-5-7-17;;;;;/h6-7,16H,2-5H2,1H3,(H,17,19);6-7H,2-5H2,1H3,(H,16,18);2-3,8H,4-7H2,1H3,(H,15,17);2-3,8,15H,4-7H2,1H3,(H,16,18);5*1H4. The number of hydrogen-bond donors (Lipinski definition) is 6. The number of amides is 8. The molecule has 0 saturated carbocycles. The van der Waals surface area contributed by atoms with Gasteiger partial charge < -0.3 is 61.0 Å². The van der Waals surface area contributed by atoms with Gasteiger partial charge in [-0.1, -0.05) is 107 Å². The molecule has 4 saturated heterocycles. The van der Waals surface area contributed by atoms with E-state index < -0.39 is 47.3 Å². The Morgan fingerprint density at radius 2 is 0.663 bits per heavy atom. The van der Waals surface area contributed by atoms with Gasteiger partial charge in [0, 0.05) is 130 Å². The Kier molecular flexibility index (Phi) is 36.1. The minimum absolute atomic E-state index is 0. The number of morpholine rings is 2. The Balaban J connectivity index is 0.00000106. The van der Waals surface area contributed by atoms with Crippen LogP contribution in [0.5, 0.6) is 0 Å². The lowest BCUT2D eigenvalue weighted by Gasteiger charge is -2.26. The molecular weight excluding hydrogens is 1290 g/mol. The predicted molar refractivity (Wildman–Crippen MR) is 344 cm³/mol. The molecule has 0 radical (unpaired) electrons. The molecule has 460 valence electrons. The van der Waals surface area contributed by atoms with Gasteiger partial charge in [-0.15, -0.1) is 0 Å². The SMILES string of the molecule is C.C.C.C.C.Cc1c(Cl)cc(NC(=O)C(=O)N2CCNCC2)cc1Cl.Cc1c(Cl)cc(NC(=O)C(=O)N2CCOCC2)cc1Cl.Cc1ccc(NC(=O)C(=O)N2CCNCC2)cc1I.Cc1ccc(NC(=O)C(=O)N2CCOCC2)cc1Cl. The Bertz CT molecular complexity index is 2610.